The van der Waals surface area contributed by atoms with Crippen molar-refractivity contribution in [3.05, 3.63) is 28.1 Å². The van der Waals surface area contributed by atoms with E-state index < -0.39 is 0 Å². The molecule has 68 valence electrons. The van der Waals surface area contributed by atoms with E-state index in [0.717, 1.165) is 33.4 Å². The number of halogens is 1. The van der Waals surface area contributed by atoms with E-state index in [4.69, 9.17) is 4.42 Å². The maximum Gasteiger partial charge on any atom is 0.195 e. The Kier molecular flexibility index (Phi) is 2.12. The average molecular weight is 240 g/mol. The number of oxazole rings is 1. The number of aromatic nitrogens is 1. The number of benzene rings is 1. The van der Waals surface area contributed by atoms with Gasteiger partial charge in [-0.1, -0.05) is 22.9 Å². The van der Waals surface area contributed by atoms with Crippen LogP contribution in [0, 0.1) is 6.92 Å². The lowest BCUT2D eigenvalue weighted by Crippen LogP contribution is -1.76. The Bertz CT molecular complexity index is 447. The second kappa shape index (κ2) is 3.14. The van der Waals surface area contributed by atoms with Crippen molar-refractivity contribution >= 4 is 27.0 Å². The Hall–Kier alpha value is -0.830. The molecule has 1 aromatic carbocycles. The number of fused-ring (bicyclic) bond motifs is 1. The van der Waals surface area contributed by atoms with E-state index in [9.17, 15) is 0 Å². The highest BCUT2D eigenvalue weighted by atomic mass is 79.9. The predicted octanol–water partition coefficient (Wildman–Crippen LogP) is 3.46. The minimum Gasteiger partial charge on any atom is -0.440 e. The first-order valence-electron chi connectivity index (χ1n) is 4.26. The molecular weight excluding hydrogens is 230 g/mol. The fraction of sp³-hybridized carbons (Fsp3) is 0.300. The van der Waals surface area contributed by atoms with E-state index in [-0.39, 0.29) is 0 Å². The van der Waals surface area contributed by atoms with Crippen LogP contribution in [0.3, 0.4) is 0 Å². The monoisotopic (exact) mass is 239 g/mol. The summed E-state index contributed by atoms with van der Waals surface area (Å²) in [5.41, 5.74) is 2.96. The molecule has 1 aromatic heterocycles. The van der Waals surface area contributed by atoms with Crippen LogP contribution in [0.1, 0.15) is 18.4 Å². The number of nitrogens with zero attached hydrogens (tertiary/aromatic N) is 1. The van der Waals surface area contributed by atoms with Gasteiger partial charge in [-0.05, 0) is 24.6 Å². The fourth-order valence-corrected chi connectivity index (χ4v) is 1.91. The zero-order chi connectivity index (χ0) is 9.42. The minimum absolute atomic E-state index is 0.802. The van der Waals surface area contributed by atoms with Gasteiger partial charge in [0.2, 0.25) is 0 Å². The third-order valence-electron chi connectivity index (χ3n) is 1.99. The number of aryl methyl sites for hydroxylation is 2. The number of hydrogen-bond acceptors (Lipinski definition) is 2. The van der Waals surface area contributed by atoms with Crippen LogP contribution in [0.15, 0.2) is 21.0 Å². The lowest BCUT2D eigenvalue weighted by atomic mass is 10.2. The van der Waals surface area contributed by atoms with Crippen LogP contribution in [0.4, 0.5) is 0 Å². The summed E-state index contributed by atoms with van der Waals surface area (Å²) in [6.07, 6.45) is 0.839. The minimum atomic E-state index is 0.802. The first-order valence-corrected chi connectivity index (χ1v) is 5.05. The maximum atomic E-state index is 5.57. The van der Waals surface area contributed by atoms with E-state index in [1.807, 2.05) is 26.0 Å². The molecule has 0 saturated carbocycles. The van der Waals surface area contributed by atoms with Gasteiger partial charge in [0.1, 0.15) is 5.52 Å². The first-order chi connectivity index (χ1) is 6.20. The summed E-state index contributed by atoms with van der Waals surface area (Å²) in [6, 6.07) is 4.01. The summed E-state index contributed by atoms with van der Waals surface area (Å²) in [5, 5.41) is 0. The van der Waals surface area contributed by atoms with Crippen molar-refractivity contribution in [1.82, 2.24) is 4.98 Å². The molecule has 2 nitrogen and oxygen atoms in total. The van der Waals surface area contributed by atoms with Gasteiger partial charge in [0, 0.05) is 10.9 Å². The van der Waals surface area contributed by atoms with E-state index in [0.29, 0.717) is 0 Å². The summed E-state index contributed by atoms with van der Waals surface area (Å²) >= 11 is 3.43. The van der Waals surface area contributed by atoms with Crippen molar-refractivity contribution in [2.45, 2.75) is 20.3 Å². The maximum absolute atomic E-state index is 5.57. The molecular formula is C10H10BrNO. The van der Waals surface area contributed by atoms with Crippen molar-refractivity contribution in [2.75, 3.05) is 0 Å². The Balaban J connectivity index is 2.75. The molecule has 0 spiro atoms. The molecule has 0 N–H and O–H groups in total. The molecule has 0 bridgehead atoms. The predicted molar refractivity (Wildman–Crippen MR) is 55.8 cm³/mol. The van der Waals surface area contributed by atoms with Crippen LogP contribution in [0.25, 0.3) is 11.1 Å². The highest BCUT2D eigenvalue weighted by molar-refractivity contribution is 9.10. The van der Waals surface area contributed by atoms with Gasteiger partial charge in [0.15, 0.2) is 11.5 Å². The Morgan fingerprint density at radius 3 is 2.92 bits per heavy atom. The lowest BCUT2D eigenvalue weighted by molar-refractivity contribution is 0.536. The SMILES string of the molecule is CCc1nc2cc(Br)cc(C)c2o1. The van der Waals surface area contributed by atoms with Gasteiger partial charge in [-0.25, -0.2) is 4.98 Å². The molecule has 0 amide bonds. The normalized spacial score (nSPS) is 11.0. The zero-order valence-corrected chi connectivity index (χ0v) is 9.18. The second-order valence-electron chi connectivity index (χ2n) is 3.03. The van der Waals surface area contributed by atoms with Crippen molar-refractivity contribution in [2.24, 2.45) is 0 Å². The van der Waals surface area contributed by atoms with E-state index >= 15 is 0 Å². The van der Waals surface area contributed by atoms with Crippen molar-refractivity contribution in [3.63, 3.8) is 0 Å². The first kappa shape index (κ1) is 8.75. The topological polar surface area (TPSA) is 26.0 Å². The fourth-order valence-electron chi connectivity index (χ4n) is 1.35. The molecule has 0 aliphatic rings. The molecule has 0 aliphatic carbocycles. The third kappa shape index (κ3) is 1.48. The average Bonchev–Trinajstić information content (AvgIpc) is 2.47. The molecule has 1 heterocycles. The van der Waals surface area contributed by atoms with E-state index in [2.05, 4.69) is 20.9 Å². The number of rotatable bonds is 1. The van der Waals surface area contributed by atoms with Crippen LogP contribution in [0.2, 0.25) is 0 Å². The van der Waals surface area contributed by atoms with Crippen LogP contribution in [-0.4, -0.2) is 4.98 Å². The molecule has 13 heavy (non-hydrogen) atoms. The smallest absolute Gasteiger partial charge is 0.195 e. The standard InChI is InChI=1S/C10H10BrNO/c1-3-9-12-8-5-7(11)4-6(2)10(8)13-9/h4-5H,3H2,1-2H3. The molecule has 0 unspecified atom stereocenters. The Morgan fingerprint density at radius 1 is 1.46 bits per heavy atom. The third-order valence-corrected chi connectivity index (χ3v) is 2.45. The summed E-state index contributed by atoms with van der Waals surface area (Å²) in [5.74, 6) is 0.802. The van der Waals surface area contributed by atoms with E-state index in [1.165, 1.54) is 0 Å². The van der Waals surface area contributed by atoms with Crippen molar-refractivity contribution in [3.8, 4) is 0 Å². The Morgan fingerprint density at radius 2 is 2.23 bits per heavy atom. The molecule has 2 rings (SSSR count). The summed E-state index contributed by atoms with van der Waals surface area (Å²) in [6.45, 7) is 4.06. The zero-order valence-electron chi connectivity index (χ0n) is 7.60. The molecule has 0 aliphatic heterocycles. The molecule has 3 heteroatoms. The van der Waals surface area contributed by atoms with Crippen LogP contribution < -0.4 is 0 Å². The highest BCUT2D eigenvalue weighted by Crippen LogP contribution is 2.24. The van der Waals surface area contributed by atoms with Gasteiger partial charge >= 0.3 is 0 Å². The lowest BCUT2D eigenvalue weighted by Gasteiger charge is -1.93. The number of hydrogen-bond donors (Lipinski definition) is 0. The van der Waals surface area contributed by atoms with E-state index in [1.54, 1.807) is 0 Å². The van der Waals surface area contributed by atoms with Gasteiger partial charge in [-0.3, -0.25) is 0 Å². The molecule has 0 saturated heterocycles. The molecule has 0 fully saturated rings. The molecule has 2 aromatic rings. The summed E-state index contributed by atoms with van der Waals surface area (Å²) in [4.78, 5) is 4.36. The highest BCUT2D eigenvalue weighted by Gasteiger charge is 2.07. The van der Waals surface area contributed by atoms with Crippen molar-refractivity contribution in [1.29, 1.82) is 0 Å². The molecule has 0 radical (unpaired) electrons. The molecule has 0 atom stereocenters. The van der Waals surface area contributed by atoms with Gasteiger partial charge in [0.05, 0.1) is 0 Å². The van der Waals surface area contributed by atoms with Crippen LogP contribution >= 0.6 is 15.9 Å². The largest absolute Gasteiger partial charge is 0.440 e. The van der Waals surface area contributed by atoms with Crippen LogP contribution in [0.5, 0.6) is 0 Å². The summed E-state index contributed by atoms with van der Waals surface area (Å²) < 4.78 is 6.62. The second-order valence-corrected chi connectivity index (χ2v) is 3.95. The van der Waals surface area contributed by atoms with Crippen molar-refractivity contribution < 1.29 is 4.42 Å². The van der Waals surface area contributed by atoms with Crippen LogP contribution in [-0.2, 0) is 6.42 Å². The van der Waals surface area contributed by atoms with Gasteiger partial charge in [-0.2, -0.15) is 0 Å². The summed E-state index contributed by atoms with van der Waals surface area (Å²) in [7, 11) is 0. The van der Waals surface area contributed by atoms with Gasteiger partial charge in [-0.15, -0.1) is 0 Å². The Labute approximate surface area is 85.1 Å². The van der Waals surface area contributed by atoms with Gasteiger partial charge < -0.3 is 4.42 Å². The van der Waals surface area contributed by atoms with Gasteiger partial charge in [0.25, 0.3) is 0 Å². The quantitative estimate of drug-likeness (QED) is 0.762.